The zero-order valence-corrected chi connectivity index (χ0v) is 8.03. The molecular formula is C9H12FN3O. The second kappa shape index (κ2) is 3.88. The highest BCUT2D eigenvalue weighted by molar-refractivity contribution is 5.30. The molecule has 1 fully saturated rings. The van der Waals surface area contributed by atoms with Gasteiger partial charge in [0.25, 0.3) is 0 Å². The van der Waals surface area contributed by atoms with E-state index < -0.39 is 0 Å². The predicted molar refractivity (Wildman–Crippen MR) is 49.8 cm³/mol. The van der Waals surface area contributed by atoms with Crippen LogP contribution in [0.3, 0.4) is 0 Å². The molecular weight excluding hydrogens is 185 g/mol. The average Bonchev–Trinajstić information content (AvgIpc) is 2.23. The number of aryl methyl sites for hydroxylation is 1. The van der Waals surface area contributed by atoms with E-state index in [0.29, 0.717) is 24.9 Å². The molecule has 5 heteroatoms. The predicted octanol–water partition coefficient (Wildman–Crippen LogP) is 0.761. The second-order valence-corrected chi connectivity index (χ2v) is 3.20. The molecule has 0 N–H and O–H groups in total. The third-order valence-electron chi connectivity index (χ3n) is 2.20. The van der Waals surface area contributed by atoms with E-state index in [1.165, 1.54) is 6.20 Å². The molecule has 1 saturated heterocycles. The van der Waals surface area contributed by atoms with E-state index in [1.54, 1.807) is 6.92 Å². The lowest BCUT2D eigenvalue weighted by atomic mass is 10.4. The fourth-order valence-electron chi connectivity index (χ4n) is 1.36. The molecule has 0 aromatic carbocycles. The van der Waals surface area contributed by atoms with Crippen molar-refractivity contribution in [1.29, 1.82) is 0 Å². The van der Waals surface area contributed by atoms with Crippen LogP contribution in [0, 0.1) is 12.7 Å². The minimum atomic E-state index is -0.359. The van der Waals surface area contributed by atoms with Gasteiger partial charge in [0.05, 0.1) is 25.1 Å². The Hall–Kier alpha value is -1.23. The smallest absolute Gasteiger partial charge is 0.225 e. The highest BCUT2D eigenvalue weighted by Gasteiger charge is 2.14. The van der Waals surface area contributed by atoms with Crippen LogP contribution in [0.15, 0.2) is 6.20 Å². The first-order chi connectivity index (χ1) is 6.77. The Balaban J connectivity index is 2.18. The number of morpholine rings is 1. The molecule has 76 valence electrons. The molecule has 0 spiro atoms. The molecule has 2 heterocycles. The first-order valence-corrected chi connectivity index (χ1v) is 4.59. The summed E-state index contributed by atoms with van der Waals surface area (Å²) < 4.78 is 18.1. The first-order valence-electron chi connectivity index (χ1n) is 4.59. The van der Waals surface area contributed by atoms with Gasteiger partial charge in [0, 0.05) is 13.1 Å². The average molecular weight is 197 g/mol. The quantitative estimate of drug-likeness (QED) is 0.666. The summed E-state index contributed by atoms with van der Waals surface area (Å²) in [7, 11) is 0. The van der Waals surface area contributed by atoms with Gasteiger partial charge in [-0.25, -0.2) is 14.4 Å². The van der Waals surface area contributed by atoms with Gasteiger partial charge < -0.3 is 9.64 Å². The Morgan fingerprint density at radius 2 is 2.14 bits per heavy atom. The Kier molecular flexibility index (Phi) is 2.58. The minimum Gasteiger partial charge on any atom is -0.378 e. The standard InChI is InChI=1S/C9H12FN3O/c1-7-8(10)6-11-9(12-7)13-2-4-14-5-3-13/h6H,2-5H2,1H3. The molecule has 1 aromatic rings. The summed E-state index contributed by atoms with van der Waals surface area (Å²) in [6.45, 7) is 4.54. The van der Waals surface area contributed by atoms with Crippen molar-refractivity contribution in [3.05, 3.63) is 17.7 Å². The Labute approximate surface area is 81.7 Å². The minimum absolute atomic E-state index is 0.359. The number of hydrogen-bond donors (Lipinski definition) is 0. The number of rotatable bonds is 1. The van der Waals surface area contributed by atoms with Crippen molar-refractivity contribution < 1.29 is 9.13 Å². The van der Waals surface area contributed by atoms with Gasteiger partial charge in [-0.05, 0) is 6.92 Å². The van der Waals surface area contributed by atoms with Gasteiger partial charge in [-0.15, -0.1) is 0 Å². The molecule has 0 atom stereocenters. The van der Waals surface area contributed by atoms with Crippen molar-refractivity contribution in [3.8, 4) is 0 Å². The van der Waals surface area contributed by atoms with Gasteiger partial charge in [0.15, 0.2) is 5.82 Å². The SMILES string of the molecule is Cc1nc(N2CCOCC2)ncc1F. The van der Waals surface area contributed by atoms with E-state index in [0.717, 1.165) is 13.1 Å². The largest absolute Gasteiger partial charge is 0.378 e. The van der Waals surface area contributed by atoms with Crippen LogP contribution in [-0.2, 0) is 4.74 Å². The molecule has 0 unspecified atom stereocenters. The molecule has 14 heavy (non-hydrogen) atoms. The van der Waals surface area contributed by atoms with E-state index in [4.69, 9.17) is 4.74 Å². The fourth-order valence-corrected chi connectivity index (χ4v) is 1.36. The van der Waals surface area contributed by atoms with Crippen LogP contribution in [0.4, 0.5) is 10.3 Å². The van der Waals surface area contributed by atoms with Crippen molar-refractivity contribution in [2.24, 2.45) is 0 Å². The van der Waals surface area contributed by atoms with Crippen LogP contribution < -0.4 is 4.90 Å². The summed E-state index contributed by atoms with van der Waals surface area (Å²) in [5.41, 5.74) is 0.390. The number of halogens is 1. The van der Waals surface area contributed by atoms with Crippen LogP contribution in [0.25, 0.3) is 0 Å². The van der Waals surface area contributed by atoms with E-state index >= 15 is 0 Å². The topological polar surface area (TPSA) is 38.2 Å². The number of aromatic nitrogens is 2. The van der Waals surface area contributed by atoms with Gasteiger partial charge in [0.1, 0.15) is 0 Å². The molecule has 2 rings (SSSR count). The first kappa shape index (κ1) is 9.33. The lowest BCUT2D eigenvalue weighted by Gasteiger charge is -2.26. The van der Waals surface area contributed by atoms with Crippen molar-refractivity contribution >= 4 is 5.95 Å². The van der Waals surface area contributed by atoms with E-state index in [-0.39, 0.29) is 5.82 Å². The van der Waals surface area contributed by atoms with Crippen LogP contribution in [0.2, 0.25) is 0 Å². The monoisotopic (exact) mass is 197 g/mol. The third-order valence-corrected chi connectivity index (χ3v) is 2.20. The molecule has 1 aliphatic rings. The van der Waals surface area contributed by atoms with Crippen LogP contribution in [-0.4, -0.2) is 36.3 Å². The fraction of sp³-hybridized carbons (Fsp3) is 0.556. The van der Waals surface area contributed by atoms with Gasteiger partial charge in [-0.3, -0.25) is 0 Å². The number of ether oxygens (including phenoxy) is 1. The maximum absolute atomic E-state index is 12.9. The molecule has 0 aliphatic carbocycles. The lowest BCUT2D eigenvalue weighted by molar-refractivity contribution is 0.122. The molecule has 1 aromatic heterocycles. The molecule has 0 saturated carbocycles. The van der Waals surface area contributed by atoms with Crippen LogP contribution in [0.1, 0.15) is 5.69 Å². The highest BCUT2D eigenvalue weighted by atomic mass is 19.1. The zero-order chi connectivity index (χ0) is 9.97. The van der Waals surface area contributed by atoms with Crippen molar-refractivity contribution in [1.82, 2.24) is 9.97 Å². The van der Waals surface area contributed by atoms with Gasteiger partial charge in [0.2, 0.25) is 5.95 Å². The summed E-state index contributed by atoms with van der Waals surface area (Å²) >= 11 is 0. The Morgan fingerprint density at radius 1 is 1.43 bits per heavy atom. The summed E-state index contributed by atoms with van der Waals surface area (Å²) in [5, 5.41) is 0. The van der Waals surface area contributed by atoms with E-state index in [1.807, 2.05) is 4.90 Å². The normalized spacial score (nSPS) is 17.1. The van der Waals surface area contributed by atoms with Crippen LogP contribution in [0.5, 0.6) is 0 Å². The maximum Gasteiger partial charge on any atom is 0.225 e. The summed E-state index contributed by atoms with van der Waals surface area (Å²) in [6, 6.07) is 0. The Bertz CT molecular complexity index is 326. The summed E-state index contributed by atoms with van der Waals surface area (Å²) in [5.74, 6) is 0.231. The maximum atomic E-state index is 12.9. The highest BCUT2D eigenvalue weighted by Crippen LogP contribution is 2.11. The van der Waals surface area contributed by atoms with E-state index in [9.17, 15) is 4.39 Å². The third kappa shape index (κ3) is 1.82. The van der Waals surface area contributed by atoms with Gasteiger partial charge >= 0.3 is 0 Å². The number of anilines is 1. The van der Waals surface area contributed by atoms with E-state index in [2.05, 4.69) is 9.97 Å². The molecule has 0 amide bonds. The Morgan fingerprint density at radius 3 is 2.79 bits per heavy atom. The second-order valence-electron chi connectivity index (χ2n) is 3.20. The summed E-state index contributed by atoms with van der Waals surface area (Å²) in [6.07, 6.45) is 1.22. The molecule has 4 nitrogen and oxygen atoms in total. The number of hydrogen-bond acceptors (Lipinski definition) is 4. The van der Waals surface area contributed by atoms with Gasteiger partial charge in [-0.2, -0.15) is 0 Å². The van der Waals surface area contributed by atoms with Crippen molar-refractivity contribution in [3.63, 3.8) is 0 Å². The molecule has 0 bridgehead atoms. The number of nitrogens with zero attached hydrogens (tertiary/aromatic N) is 3. The molecule has 0 radical (unpaired) electrons. The summed E-state index contributed by atoms with van der Waals surface area (Å²) in [4.78, 5) is 10.0. The lowest BCUT2D eigenvalue weighted by Crippen LogP contribution is -2.37. The molecule has 1 aliphatic heterocycles. The van der Waals surface area contributed by atoms with Crippen molar-refractivity contribution in [2.75, 3.05) is 31.2 Å². The van der Waals surface area contributed by atoms with Crippen LogP contribution >= 0.6 is 0 Å². The van der Waals surface area contributed by atoms with Crippen molar-refractivity contribution in [2.45, 2.75) is 6.92 Å². The zero-order valence-electron chi connectivity index (χ0n) is 8.03. The van der Waals surface area contributed by atoms with Gasteiger partial charge in [-0.1, -0.05) is 0 Å².